The van der Waals surface area contributed by atoms with E-state index in [-0.39, 0.29) is 46.4 Å². The second-order valence-electron chi connectivity index (χ2n) is 7.82. The monoisotopic (exact) mass is 414 g/mol. The molecule has 3 aliphatic rings. The molecule has 0 spiro atoms. The molecule has 4 atom stereocenters. The van der Waals surface area contributed by atoms with Gasteiger partial charge in [0.05, 0.1) is 29.6 Å². The van der Waals surface area contributed by atoms with E-state index < -0.39 is 5.82 Å². The number of aliphatic hydroxyl groups is 1. The first-order chi connectivity index (χ1) is 14.0. The Labute approximate surface area is 172 Å². The molecule has 1 N–H and O–H groups in total. The van der Waals surface area contributed by atoms with Crippen LogP contribution in [0.1, 0.15) is 30.9 Å². The number of aliphatic hydroxyl groups excluding tert-OH is 1. The van der Waals surface area contributed by atoms with Crippen LogP contribution < -0.4 is 4.74 Å². The number of carbonyl (C=O) groups excluding carboxylic acids is 1. The second-order valence-corrected chi connectivity index (χ2v) is 8.25. The number of ether oxygens (including phenoxy) is 2. The Bertz CT molecular complexity index is 1050. The zero-order valence-electron chi connectivity index (χ0n) is 15.8. The van der Waals surface area contributed by atoms with Gasteiger partial charge < -0.3 is 14.6 Å². The third-order valence-corrected chi connectivity index (χ3v) is 6.48. The lowest BCUT2D eigenvalue weighted by molar-refractivity contribution is -0.118. The van der Waals surface area contributed by atoms with Gasteiger partial charge in [-0.25, -0.2) is 4.39 Å². The Morgan fingerprint density at radius 1 is 1.17 bits per heavy atom. The first kappa shape index (κ1) is 18.6. The molecule has 29 heavy (non-hydrogen) atoms. The number of allylic oxidation sites excluding steroid dienone is 1. The average Bonchev–Trinajstić information content (AvgIpc) is 3.38. The van der Waals surface area contributed by atoms with E-state index >= 15 is 0 Å². The Balaban J connectivity index is 1.54. The predicted molar refractivity (Wildman–Crippen MR) is 107 cm³/mol. The summed E-state index contributed by atoms with van der Waals surface area (Å²) >= 11 is 5.80. The minimum atomic E-state index is -0.569. The molecule has 4 unspecified atom stereocenters. The molecule has 2 saturated heterocycles. The van der Waals surface area contributed by atoms with Gasteiger partial charge in [-0.05, 0) is 60.7 Å². The summed E-state index contributed by atoms with van der Waals surface area (Å²) in [6.07, 6.45) is 2.23. The van der Waals surface area contributed by atoms with Crippen molar-refractivity contribution in [1.82, 2.24) is 0 Å². The summed E-state index contributed by atoms with van der Waals surface area (Å²) < 4.78 is 25.7. The maximum absolute atomic E-state index is 14.1. The van der Waals surface area contributed by atoms with Crippen molar-refractivity contribution < 1.29 is 23.8 Å². The van der Waals surface area contributed by atoms with E-state index in [0.717, 1.165) is 18.4 Å². The summed E-state index contributed by atoms with van der Waals surface area (Å²) in [5, 5.41) is 11.2. The van der Waals surface area contributed by atoms with Crippen LogP contribution in [-0.2, 0) is 16.0 Å². The Hall–Kier alpha value is -2.37. The van der Waals surface area contributed by atoms with Crippen molar-refractivity contribution in [1.29, 1.82) is 0 Å². The average molecular weight is 415 g/mol. The summed E-state index contributed by atoms with van der Waals surface area (Å²) in [6, 6.07) is 9.49. The summed E-state index contributed by atoms with van der Waals surface area (Å²) in [5.41, 5.74) is 1.94. The largest absolute Gasteiger partial charge is 0.511 e. The standard InChI is InChI=1S/C23H20ClFO4/c1-2-11-3-5-13(28-16-6-4-12(24)9-15(16)25)10-14(11)19-22(26)20-17-7-8-18(29-17)21(20)23(19)27/h3-6,9-10,17-18,20-21,26H,2,7-8H2,1H3. The quantitative estimate of drug-likeness (QED) is 0.719. The molecule has 2 aromatic carbocycles. The van der Waals surface area contributed by atoms with Crippen LogP contribution >= 0.6 is 11.6 Å². The summed E-state index contributed by atoms with van der Waals surface area (Å²) in [5.74, 6) is -0.625. The van der Waals surface area contributed by atoms with E-state index in [1.807, 2.05) is 13.0 Å². The van der Waals surface area contributed by atoms with Crippen LogP contribution in [0.15, 0.2) is 42.2 Å². The lowest BCUT2D eigenvalue weighted by atomic mass is 9.80. The molecule has 6 heteroatoms. The molecule has 0 amide bonds. The minimum absolute atomic E-state index is 0.0452. The van der Waals surface area contributed by atoms with Crippen LogP contribution in [0.5, 0.6) is 11.5 Å². The number of hydrogen-bond donors (Lipinski definition) is 1. The maximum Gasteiger partial charge on any atom is 0.173 e. The van der Waals surface area contributed by atoms with Gasteiger partial charge in [0.15, 0.2) is 17.3 Å². The Kier molecular flexibility index (Phi) is 4.41. The molecule has 4 nitrogen and oxygen atoms in total. The lowest BCUT2D eigenvalue weighted by Crippen LogP contribution is -2.29. The van der Waals surface area contributed by atoms with Crippen molar-refractivity contribution in [2.45, 2.75) is 38.4 Å². The van der Waals surface area contributed by atoms with Crippen LogP contribution in [0.25, 0.3) is 5.57 Å². The van der Waals surface area contributed by atoms with Gasteiger partial charge in [-0.1, -0.05) is 24.6 Å². The van der Waals surface area contributed by atoms with E-state index in [1.165, 1.54) is 12.1 Å². The molecule has 0 aromatic heterocycles. The number of rotatable bonds is 4. The van der Waals surface area contributed by atoms with E-state index in [0.29, 0.717) is 23.3 Å². The highest BCUT2D eigenvalue weighted by Crippen LogP contribution is 2.54. The first-order valence-corrected chi connectivity index (χ1v) is 10.2. The summed E-state index contributed by atoms with van der Waals surface area (Å²) in [6.45, 7) is 1.99. The maximum atomic E-state index is 14.1. The van der Waals surface area contributed by atoms with Crippen LogP contribution in [0, 0.1) is 17.7 Å². The molecular formula is C23H20ClFO4. The number of carbonyl (C=O) groups is 1. The van der Waals surface area contributed by atoms with Crippen molar-refractivity contribution in [3.05, 3.63) is 64.1 Å². The van der Waals surface area contributed by atoms with Gasteiger partial charge in [-0.2, -0.15) is 0 Å². The fourth-order valence-electron chi connectivity index (χ4n) is 4.93. The molecule has 2 fully saturated rings. The van der Waals surface area contributed by atoms with Crippen molar-refractivity contribution in [3.8, 4) is 11.5 Å². The highest BCUT2D eigenvalue weighted by atomic mass is 35.5. The molecule has 2 aromatic rings. The number of ketones is 1. The molecule has 2 aliphatic heterocycles. The minimum Gasteiger partial charge on any atom is -0.511 e. The van der Waals surface area contributed by atoms with Gasteiger partial charge in [-0.3, -0.25) is 4.79 Å². The third kappa shape index (κ3) is 2.87. The predicted octanol–water partition coefficient (Wildman–Crippen LogP) is 5.48. The first-order valence-electron chi connectivity index (χ1n) is 9.87. The smallest absolute Gasteiger partial charge is 0.173 e. The molecule has 150 valence electrons. The summed E-state index contributed by atoms with van der Waals surface area (Å²) in [4.78, 5) is 13.2. The molecule has 5 rings (SSSR count). The van der Waals surface area contributed by atoms with E-state index in [1.54, 1.807) is 18.2 Å². The SMILES string of the molecule is CCc1ccc(Oc2ccc(Cl)cc2F)cc1C1=C(O)C2C3CCC(O3)C2C1=O. The van der Waals surface area contributed by atoms with Gasteiger partial charge in [0.2, 0.25) is 0 Å². The fourth-order valence-corrected chi connectivity index (χ4v) is 5.09. The van der Waals surface area contributed by atoms with Gasteiger partial charge in [0, 0.05) is 5.02 Å². The third-order valence-electron chi connectivity index (χ3n) is 6.25. The van der Waals surface area contributed by atoms with E-state index in [4.69, 9.17) is 21.1 Å². The molecule has 0 saturated carbocycles. The summed E-state index contributed by atoms with van der Waals surface area (Å²) in [7, 11) is 0. The van der Waals surface area contributed by atoms with Crippen LogP contribution in [-0.4, -0.2) is 23.1 Å². The molecule has 0 radical (unpaired) electrons. The van der Waals surface area contributed by atoms with Crippen molar-refractivity contribution in [2.24, 2.45) is 11.8 Å². The lowest BCUT2D eigenvalue weighted by Gasteiger charge is -2.19. The van der Waals surface area contributed by atoms with Crippen molar-refractivity contribution in [2.75, 3.05) is 0 Å². The normalized spacial score (nSPS) is 27.6. The molecule has 2 heterocycles. The second kappa shape index (κ2) is 6.85. The number of halogens is 2. The van der Waals surface area contributed by atoms with Gasteiger partial charge >= 0.3 is 0 Å². The molecule has 2 bridgehead atoms. The Morgan fingerprint density at radius 3 is 2.62 bits per heavy atom. The number of hydrogen-bond acceptors (Lipinski definition) is 4. The number of Topliss-reactive ketones (excluding diaryl/α,β-unsaturated/α-hetero) is 1. The zero-order valence-corrected chi connectivity index (χ0v) is 16.6. The van der Waals surface area contributed by atoms with Gasteiger partial charge in [0.1, 0.15) is 11.5 Å². The van der Waals surface area contributed by atoms with Crippen LogP contribution in [0.3, 0.4) is 0 Å². The van der Waals surface area contributed by atoms with Crippen molar-refractivity contribution >= 4 is 23.0 Å². The van der Waals surface area contributed by atoms with E-state index in [9.17, 15) is 14.3 Å². The zero-order chi connectivity index (χ0) is 20.3. The van der Waals surface area contributed by atoms with Crippen LogP contribution in [0.2, 0.25) is 5.02 Å². The highest BCUT2D eigenvalue weighted by Gasteiger charge is 2.59. The number of fused-ring (bicyclic) bond motifs is 5. The highest BCUT2D eigenvalue weighted by molar-refractivity contribution is 6.30. The number of aryl methyl sites for hydroxylation is 1. The van der Waals surface area contributed by atoms with Gasteiger partial charge in [-0.15, -0.1) is 0 Å². The Morgan fingerprint density at radius 2 is 1.93 bits per heavy atom. The number of benzene rings is 2. The fraction of sp³-hybridized carbons (Fsp3) is 0.348. The molecule has 1 aliphatic carbocycles. The topological polar surface area (TPSA) is 55.8 Å². The van der Waals surface area contributed by atoms with E-state index in [2.05, 4.69) is 0 Å². The molecular weight excluding hydrogens is 395 g/mol. The van der Waals surface area contributed by atoms with Crippen molar-refractivity contribution in [3.63, 3.8) is 0 Å². The van der Waals surface area contributed by atoms with Gasteiger partial charge in [0.25, 0.3) is 0 Å². The van der Waals surface area contributed by atoms with Crippen LogP contribution in [0.4, 0.5) is 4.39 Å².